The Morgan fingerprint density at radius 3 is 3.11 bits per heavy atom. The zero-order valence-corrected chi connectivity index (χ0v) is 4.99. The summed E-state index contributed by atoms with van der Waals surface area (Å²) in [5, 5.41) is 0. The number of hydrogen-bond acceptors (Lipinski definition) is 3. The lowest BCUT2D eigenvalue weighted by Crippen LogP contribution is -2.15. The van der Waals surface area contributed by atoms with Gasteiger partial charge in [0.15, 0.2) is 0 Å². The van der Waals surface area contributed by atoms with Gasteiger partial charge in [-0.25, -0.2) is 0 Å². The highest BCUT2D eigenvalue weighted by molar-refractivity contribution is 5.78. The molecule has 0 spiro atoms. The molecule has 0 radical (unpaired) electrons. The van der Waals surface area contributed by atoms with E-state index in [4.69, 9.17) is 11.5 Å². The average Bonchev–Trinajstić information content (AvgIpc) is 1.93. The van der Waals surface area contributed by atoms with Crippen LogP contribution in [0.1, 0.15) is 0 Å². The molecule has 1 unspecified atom stereocenters. The molecule has 48 valence electrons. The maximum Gasteiger partial charge on any atom is 0.0494 e. The Morgan fingerprint density at radius 1 is 1.56 bits per heavy atom. The molecule has 0 aromatic rings. The zero-order chi connectivity index (χ0) is 6.69. The van der Waals surface area contributed by atoms with Crippen LogP contribution in [0.3, 0.4) is 0 Å². The summed E-state index contributed by atoms with van der Waals surface area (Å²) in [6.07, 6.45) is 6.73. The van der Waals surface area contributed by atoms with Gasteiger partial charge >= 0.3 is 0 Å². The van der Waals surface area contributed by atoms with E-state index in [1.165, 1.54) is 0 Å². The molecule has 1 aliphatic heterocycles. The summed E-state index contributed by atoms with van der Waals surface area (Å²) in [5.41, 5.74) is 11.5. The molecule has 1 heterocycles. The summed E-state index contributed by atoms with van der Waals surface area (Å²) in [4.78, 5) is 3.82. The first-order valence-corrected chi connectivity index (χ1v) is 2.72. The molecule has 9 heavy (non-hydrogen) atoms. The van der Waals surface area contributed by atoms with Gasteiger partial charge in [0.25, 0.3) is 0 Å². The maximum atomic E-state index is 5.50. The van der Waals surface area contributed by atoms with Crippen molar-refractivity contribution in [1.82, 2.24) is 0 Å². The molecule has 0 aliphatic carbocycles. The number of allylic oxidation sites excluding steroid dienone is 1. The van der Waals surface area contributed by atoms with Crippen LogP contribution in [0.2, 0.25) is 0 Å². The van der Waals surface area contributed by atoms with Crippen LogP contribution in [0.25, 0.3) is 0 Å². The summed E-state index contributed by atoms with van der Waals surface area (Å²) >= 11 is 0. The molecule has 4 N–H and O–H groups in total. The molecule has 1 rings (SSSR count). The minimum atomic E-state index is -0.0903. The van der Waals surface area contributed by atoms with E-state index in [1.807, 2.05) is 0 Å². The van der Waals surface area contributed by atoms with Crippen molar-refractivity contribution in [3.05, 3.63) is 24.0 Å². The third-order valence-electron chi connectivity index (χ3n) is 1.00. The van der Waals surface area contributed by atoms with Gasteiger partial charge in [-0.15, -0.1) is 0 Å². The summed E-state index contributed by atoms with van der Waals surface area (Å²) in [7, 11) is 0. The average molecular weight is 123 g/mol. The highest BCUT2D eigenvalue weighted by Gasteiger charge is 1.94. The van der Waals surface area contributed by atoms with Crippen molar-refractivity contribution >= 4 is 6.21 Å². The summed E-state index contributed by atoms with van der Waals surface area (Å²) in [5.74, 6) is 0. The first-order chi connectivity index (χ1) is 4.29. The fourth-order valence-electron chi connectivity index (χ4n) is 0.599. The lowest BCUT2D eigenvalue weighted by atomic mass is 10.3. The second-order valence-corrected chi connectivity index (χ2v) is 1.86. The Labute approximate surface area is 53.8 Å². The lowest BCUT2D eigenvalue weighted by molar-refractivity contribution is 1.02. The fraction of sp³-hybridized carbons (Fsp3) is 0.167. The number of rotatable bonds is 0. The Hall–Kier alpha value is -1.09. The first kappa shape index (κ1) is 6.04. The quantitative estimate of drug-likeness (QED) is 0.466. The van der Waals surface area contributed by atoms with E-state index in [2.05, 4.69) is 4.99 Å². The Bertz CT molecular complexity index is 179. The number of nitrogens with zero attached hydrogens (tertiary/aromatic N) is 1. The van der Waals surface area contributed by atoms with Crippen molar-refractivity contribution in [2.45, 2.75) is 6.04 Å². The standard InChI is InChI=1S/C6H9N3/c7-5-1-2-9-4-6(8)3-5/h1-5H,7-8H2. The molecule has 1 aliphatic rings. The van der Waals surface area contributed by atoms with Gasteiger partial charge in [0.2, 0.25) is 0 Å². The summed E-state index contributed by atoms with van der Waals surface area (Å²) in [6, 6.07) is -0.0903. The van der Waals surface area contributed by atoms with E-state index < -0.39 is 0 Å². The van der Waals surface area contributed by atoms with E-state index >= 15 is 0 Å². The molecule has 0 fully saturated rings. The Kier molecular flexibility index (Phi) is 1.65. The predicted octanol–water partition coefficient (Wildman–Crippen LogP) is -0.246. The van der Waals surface area contributed by atoms with Crippen molar-refractivity contribution in [2.24, 2.45) is 16.5 Å². The smallest absolute Gasteiger partial charge is 0.0494 e. The molecule has 1 atom stereocenters. The number of hydrogen-bond donors (Lipinski definition) is 2. The van der Waals surface area contributed by atoms with Crippen LogP contribution in [0, 0.1) is 0 Å². The van der Waals surface area contributed by atoms with E-state index in [9.17, 15) is 0 Å². The van der Waals surface area contributed by atoms with Crippen molar-refractivity contribution in [2.75, 3.05) is 0 Å². The third-order valence-corrected chi connectivity index (χ3v) is 1.00. The number of aliphatic imine (C=N–C) groups is 1. The largest absolute Gasteiger partial charge is 0.398 e. The maximum absolute atomic E-state index is 5.50. The topological polar surface area (TPSA) is 64.4 Å². The highest BCUT2D eigenvalue weighted by Crippen LogP contribution is 1.92. The van der Waals surface area contributed by atoms with Gasteiger partial charge < -0.3 is 11.5 Å². The first-order valence-electron chi connectivity index (χ1n) is 2.72. The summed E-state index contributed by atoms with van der Waals surface area (Å²) < 4.78 is 0. The summed E-state index contributed by atoms with van der Waals surface area (Å²) in [6.45, 7) is 0. The second kappa shape index (κ2) is 2.46. The van der Waals surface area contributed by atoms with E-state index in [0.29, 0.717) is 5.70 Å². The second-order valence-electron chi connectivity index (χ2n) is 1.86. The fourth-order valence-corrected chi connectivity index (χ4v) is 0.599. The van der Waals surface area contributed by atoms with Crippen molar-refractivity contribution in [3.63, 3.8) is 0 Å². The molecule has 0 aromatic heterocycles. The SMILES string of the molecule is NC1=CC(N)C=CN=C1. The monoisotopic (exact) mass is 123 g/mol. The minimum Gasteiger partial charge on any atom is -0.398 e. The van der Waals surface area contributed by atoms with Gasteiger partial charge in [0.05, 0.1) is 0 Å². The van der Waals surface area contributed by atoms with Crippen LogP contribution in [-0.4, -0.2) is 12.3 Å². The van der Waals surface area contributed by atoms with Gasteiger partial charge in [-0.2, -0.15) is 0 Å². The van der Waals surface area contributed by atoms with Gasteiger partial charge in [-0.05, 0) is 12.2 Å². The van der Waals surface area contributed by atoms with E-state index in [-0.39, 0.29) is 6.04 Å². The van der Waals surface area contributed by atoms with Gasteiger partial charge in [0.1, 0.15) is 0 Å². The van der Waals surface area contributed by atoms with Crippen LogP contribution in [0.15, 0.2) is 29.0 Å². The minimum absolute atomic E-state index is 0.0903. The lowest BCUT2D eigenvalue weighted by Gasteiger charge is -1.94. The normalized spacial score (nSPS) is 25.4. The molecule has 0 saturated carbocycles. The number of nitrogens with two attached hydrogens (primary N) is 2. The molecule has 0 bridgehead atoms. The molecular formula is C6H9N3. The van der Waals surface area contributed by atoms with Crippen LogP contribution in [-0.2, 0) is 0 Å². The van der Waals surface area contributed by atoms with E-state index in [0.717, 1.165) is 0 Å². The van der Waals surface area contributed by atoms with E-state index in [1.54, 1.807) is 24.6 Å². The van der Waals surface area contributed by atoms with Gasteiger partial charge in [0, 0.05) is 24.2 Å². The van der Waals surface area contributed by atoms with Crippen molar-refractivity contribution < 1.29 is 0 Å². The van der Waals surface area contributed by atoms with Crippen molar-refractivity contribution in [3.8, 4) is 0 Å². The molecule has 0 saturated heterocycles. The van der Waals surface area contributed by atoms with Crippen LogP contribution >= 0.6 is 0 Å². The van der Waals surface area contributed by atoms with Gasteiger partial charge in [-0.3, -0.25) is 4.99 Å². The third kappa shape index (κ3) is 1.70. The predicted molar refractivity (Wildman–Crippen MR) is 37.9 cm³/mol. The zero-order valence-electron chi connectivity index (χ0n) is 4.99. The van der Waals surface area contributed by atoms with Crippen LogP contribution in [0.5, 0.6) is 0 Å². The highest BCUT2D eigenvalue weighted by atomic mass is 14.7. The Morgan fingerprint density at radius 2 is 2.33 bits per heavy atom. The van der Waals surface area contributed by atoms with Crippen LogP contribution in [0.4, 0.5) is 0 Å². The molecule has 0 aromatic carbocycles. The van der Waals surface area contributed by atoms with Crippen molar-refractivity contribution in [1.29, 1.82) is 0 Å². The molecule has 0 amide bonds. The molecular weight excluding hydrogens is 114 g/mol. The molecule has 3 nitrogen and oxygen atoms in total. The van der Waals surface area contributed by atoms with Gasteiger partial charge in [-0.1, -0.05) is 0 Å². The van der Waals surface area contributed by atoms with Crippen LogP contribution < -0.4 is 11.5 Å². The Balaban J connectivity index is 2.77. The molecule has 3 heteroatoms.